The van der Waals surface area contributed by atoms with Gasteiger partial charge in [-0.1, -0.05) is 11.8 Å². The van der Waals surface area contributed by atoms with Gasteiger partial charge in [-0.25, -0.2) is 18.4 Å². The van der Waals surface area contributed by atoms with Gasteiger partial charge in [-0.05, 0) is 25.0 Å². The number of nitrogens with two attached hydrogens (primary N) is 1. The van der Waals surface area contributed by atoms with Crippen LogP contribution in [0.15, 0.2) is 33.0 Å². The maximum absolute atomic E-state index is 12.4. The molecule has 0 aliphatic carbocycles. The van der Waals surface area contributed by atoms with E-state index in [1.807, 2.05) is 6.07 Å². The first-order valence-corrected chi connectivity index (χ1v) is 9.67. The summed E-state index contributed by atoms with van der Waals surface area (Å²) in [6.45, 7) is 1.07. The van der Waals surface area contributed by atoms with Crippen LogP contribution in [0, 0.1) is 11.3 Å². The Hall–Kier alpha value is -2.09. The third kappa shape index (κ3) is 3.38. The molecule has 126 valence electrons. The molecular formula is C14H15N5O3S2. The van der Waals surface area contributed by atoms with Gasteiger partial charge in [-0.2, -0.15) is 9.57 Å². The van der Waals surface area contributed by atoms with E-state index < -0.39 is 10.0 Å². The lowest BCUT2D eigenvalue weighted by Crippen LogP contribution is -2.27. The lowest BCUT2D eigenvalue weighted by molar-refractivity contribution is 0.397. The van der Waals surface area contributed by atoms with Crippen LogP contribution in [0.2, 0.25) is 0 Å². The van der Waals surface area contributed by atoms with E-state index in [4.69, 9.17) is 15.4 Å². The maximum Gasteiger partial charge on any atom is 0.276 e. The van der Waals surface area contributed by atoms with Crippen LogP contribution >= 0.6 is 11.8 Å². The smallest absolute Gasteiger partial charge is 0.276 e. The zero-order valence-corrected chi connectivity index (χ0v) is 14.3. The average Bonchev–Trinajstić information content (AvgIpc) is 3.25. The van der Waals surface area contributed by atoms with E-state index in [9.17, 15) is 8.42 Å². The number of nitrogen functional groups attached to an aromatic ring is 1. The van der Waals surface area contributed by atoms with Gasteiger partial charge < -0.3 is 10.2 Å². The van der Waals surface area contributed by atoms with Crippen molar-refractivity contribution in [2.75, 3.05) is 18.8 Å². The topological polar surface area (TPSA) is 126 Å². The molecule has 0 amide bonds. The second kappa shape index (κ2) is 6.80. The molecule has 1 saturated heterocycles. The summed E-state index contributed by atoms with van der Waals surface area (Å²) in [7, 11) is -3.55. The van der Waals surface area contributed by atoms with E-state index >= 15 is 0 Å². The van der Waals surface area contributed by atoms with Gasteiger partial charge in [0.05, 0.1) is 11.9 Å². The predicted molar refractivity (Wildman–Crippen MR) is 87.4 cm³/mol. The summed E-state index contributed by atoms with van der Waals surface area (Å²) in [5.74, 6) is 0.983. The van der Waals surface area contributed by atoms with Gasteiger partial charge in [-0.3, -0.25) is 0 Å². The van der Waals surface area contributed by atoms with Gasteiger partial charge in [0, 0.05) is 13.1 Å². The molecule has 0 bridgehead atoms. The van der Waals surface area contributed by atoms with Gasteiger partial charge in [0.15, 0.2) is 5.16 Å². The van der Waals surface area contributed by atoms with Crippen molar-refractivity contribution in [2.45, 2.75) is 28.8 Å². The number of thioether (sulfide) groups is 1. The van der Waals surface area contributed by atoms with Crippen molar-refractivity contribution in [1.82, 2.24) is 14.3 Å². The lowest BCUT2D eigenvalue weighted by Gasteiger charge is -2.12. The first kappa shape index (κ1) is 16.8. The minimum absolute atomic E-state index is 0.0414. The molecule has 0 aromatic carbocycles. The van der Waals surface area contributed by atoms with Gasteiger partial charge >= 0.3 is 0 Å². The number of hydrogen-bond donors (Lipinski definition) is 1. The average molecular weight is 365 g/mol. The van der Waals surface area contributed by atoms with Crippen LogP contribution in [0.1, 0.15) is 24.2 Å². The van der Waals surface area contributed by atoms with E-state index in [1.165, 1.54) is 28.3 Å². The molecular weight excluding hydrogens is 350 g/mol. The van der Waals surface area contributed by atoms with E-state index in [2.05, 4.69) is 9.97 Å². The molecule has 0 unspecified atom stereocenters. The van der Waals surface area contributed by atoms with Gasteiger partial charge in [0.25, 0.3) is 10.0 Å². The summed E-state index contributed by atoms with van der Waals surface area (Å²) >= 11 is 1.25. The molecule has 3 heterocycles. The molecule has 3 rings (SSSR count). The lowest BCUT2D eigenvalue weighted by atomic mass is 10.3. The van der Waals surface area contributed by atoms with Crippen LogP contribution in [-0.4, -0.2) is 35.8 Å². The monoisotopic (exact) mass is 365 g/mol. The highest BCUT2D eigenvalue weighted by atomic mass is 32.2. The number of rotatable bonds is 5. The van der Waals surface area contributed by atoms with E-state index in [1.54, 1.807) is 6.07 Å². The Morgan fingerprint density at radius 2 is 2.12 bits per heavy atom. The quantitative estimate of drug-likeness (QED) is 0.625. The summed E-state index contributed by atoms with van der Waals surface area (Å²) in [5.41, 5.74) is 5.86. The predicted octanol–water partition coefficient (Wildman–Crippen LogP) is 1.60. The summed E-state index contributed by atoms with van der Waals surface area (Å²) in [4.78, 5) is 8.04. The zero-order valence-electron chi connectivity index (χ0n) is 12.7. The molecule has 8 nitrogen and oxygen atoms in total. The Bertz CT molecular complexity index is 882. The Labute approximate surface area is 143 Å². The molecule has 0 saturated carbocycles. The highest BCUT2D eigenvalue weighted by Crippen LogP contribution is 2.26. The molecule has 0 atom stereocenters. The molecule has 2 aromatic rings. The van der Waals surface area contributed by atoms with Crippen molar-refractivity contribution in [3.8, 4) is 6.07 Å². The number of aromatic nitrogens is 2. The third-order valence-electron chi connectivity index (χ3n) is 3.56. The molecule has 0 radical (unpaired) electrons. The third-order valence-corrected chi connectivity index (χ3v) is 6.21. The molecule has 2 aromatic heterocycles. The number of hydrogen-bond acceptors (Lipinski definition) is 8. The normalized spacial score (nSPS) is 15.5. The van der Waals surface area contributed by atoms with Crippen molar-refractivity contribution in [3.05, 3.63) is 29.7 Å². The Morgan fingerprint density at radius 3 is 2.79 bits per heavy atom. The number of sulfonamides is 1. The van der Waals surface area contributed by atoms with Crippen molar-refractivity contribution in [1.29, 1.82) is 5.26 Å². The van der Waals surface area contributed by atoms with Crippen LogP contribution in [0.4, 0.5) is 5.82 Å². The Morgan fingerprint density at radius 1 is 1.38 bits per heavy atom. The van der Waals surface area contributed by atoms with E-state index in [0.717, 1.165) is 12.8 Å². The van der Waals surface area contributed by atoms with E-state index in [0.29, 0.717) is 29.8 Å². The van der Waals surface area contributed by atoms with Gasteiger partial charge in [-0.15, -0.1) is 0 Å². The second-order valence-electron chi connectivity index (χ2n) is 5.18. The minimum atomic E-state index is -3.55. The molecule has 2 N–H and O–H groups in total. The molecule has 1 aliphatic rings. The summed E-state index contributed by atoms with van der Waals surface area (Å²) in [5, 5.41) is 9.15. The first-order valence-electron chi connectivity index (χ1n) is 7.25. The summed E-state index contributed by atoms with van der Waals surface area (Å²) in [6.07, 6.45) is 3.11. The molecule has 1 aliphatic heterocycles. The summed E-state index contributed by atoms with van der Waals surface area (Å²) < 4.78 is 31.7. The number of nitriles is 1. The molecule has 24 heavy (non-hydrogen) atoms. The van der Waals surface area contributed by atoms with Crippen LogP contribution < -0.4 is 5.73 Å². The highest BCUT2D eigenvalue weighted by Gasteiger charge is 2.29. The second-order valence-corrected chi connectivity index (χ2v) is 8.00. The molecule has 0 spiro atoms. The van der Waals surface area contributed by atoms with E-state index in [-0.39, 0.29) is 16.5 Å². The number of furan rings is 1. The van der Waals surface area contributed by atoms with Crippen LogP contribution in [0.5, 0.6) is 0 Å². The fourth-order valence-corrected chi connectivity index (χ4v) is 4.46. The Balaban J connectivity index is 1.68. The van der Waals surface area contributed by atoms with Crippen molar-refractivity contribution in [3.63, 3.8) is 0 Å². The first-order chi connectivity index (χ1) is 11.5. The summed E-state index contributed by atoms with van der Waals surface area (Å²) in [6, 6.07) is 4.99. The SMILES string of the molecule is N#Cc1cnc(SCc2ccc(S(=O)(=O)N3CCCC3)o2)nc1N. The highest BCUT2D eigenvalue weighted by molar-refractivity contribution is 7.98. The number of anilines is 1. The Kier molecular flexibility index (Phi) is 4.75. The van der Waals surface area contributed by atoms with Crippen LogP contribution in [-0.2, 0) is 15.8 Å². The van der Waals surface area contributed by atoms with Crippen molar-refractivity contribution in [2.24, 2.45) is 0 Å². The molecule has 10 heteroatoms. The van der Waals surface area contributed by atoms with Crippen molar-refractivity contribution < 1.29 is 12.8 Å². The fraction of sp³-hybridized carbons (Fsp3) is 0.357. The van der Waals surface area contributed by atoms with Gasteiger partial charge in [0.2, 0.25) is 5.09 Å². The minimum Gasteiger partial charge on any atom is -0.447 e. The van der Waals surface area contributed by atoms with Crippen LogP contribution in [0.3, 0.4) is 0 Å². The maximum atomic E-state index is 12.4. The number of nitrogens with zero attached hydrogens (tertiary/aromatic N) is 4. The standard InChI is InChI=1S/C14H15N5O3S2/c15-7-10-8-17-14(18-13(10)16)23-9-11-3-4-12(22-11)24(20,21)19-5-1-2-6-19/h3-4,8H,1-2,5-6,9H2,(H2,16,17,18). The largest absolute Gasteiger partial charge is 0.447 e. The zero-order chi connectivity index (χ0) is 17.2. The molecule has 1 fully saturated rings. The van der Waals surface area contributed by atoms with Crippen molar-refractivity contribution >= 4 is 27.6 Å². The van der Waals surface area contributed by atoms with Gasteiger partial charge in [0.1, 0.15) is 23.2 Å². The van der Waals surface area contributed by atoms with Crippen LogP contribution in [0.25, 0.3) is 0 Å². The fourth-order valence-electron chi connectivity index (χ4n) is 2.30.